The summed E-state index contributed by atoms with van der Waals surface area (Å²) in [5.74, 6) is -12.4. The Morgan fingerprint density at radius 2 is 1.54 bits per heavy atom. The molecule has 0 spiro atoms. The largest absolute Gasteiger partial charge is 0.493 e. The zero-order valence-electron chi connectivity index (χ0n) is 19.2. The summed E-state index contributed by atoms with van der Waals surface area (Å²) in [5, 5.41) is -3.68. The fraction of sp³-hybridized carbons (Fsp3) is 0.545. The van der Waals surface area contributed by atoms with Crippen molar-refractivity contribution < 1.29 is 57.2 Å². The first-order chi connectivity index (χ1) is 16.9. The van der Waals surface area contributed by atoms with Crippen molar-refractivity contribution in [1.82, 2.24) is 0 Å². The number of benzene rings is 2. The van der Waals surface area contributed by atoms with Gasteiger partial charge in [-0.15, -0.1) is 0 Å². The van der Waals surface area contributed by atoms with Crippen LogP contribution in [0.1, 0.15) is 43.4 Å². The van der Waals surface area contributed by atoms with Crippen LogP contribution in [0.5, 0.6) is 5.75 Å². The fourth-order valence-electron chi connectivity index (χ4n) is 3.37. The van der Waals surface area contributed by atoms with Crippen LogP contribution in [-0.4, -0.2) is 48.6 Å². The second kappa shape index (κ2) is 11.5. The SMILES string of the molecule is CCCCOc1ccc(C2CCCS2)c2ccccc12.O=S(=O)(O)C(F)(F)C(F)(F)C(F)(F)C(F)(F)F. The van der Waals surface area contributed by atoms with Gasteiger partial charge in [0.05, 0.1) is 6.61 Å². The van der Waals surface area contributed by atoms with Crippen LogP contribution in [0.15, 0.2) is 36.4 Å². The minimum Gasteiger partial charge on any atom is -0.493 e. The molecule has 2 aromatic carbocycles. The van der Waals surface area contributed by atoms with Crippen molar-refractivity contribution >= 4 is 32.7 Å². The smallest absolute Gasteiger partial charge is 0.460 e. The number of thioether (sulfide) groups is 1. The Balaban J connectivity index is 0.000000265. The van der Waals surface area contributed by atoms with Crippen molar-refractivity contribution in [2.24, 2.45) is 0 Å². The molecule has 1 unspecified atom stereocenters. The highest BCUT2D eigenvalue weighted by Gasteiger charge is 2.85. The summed E-state index contributed by atoms with van der Waals surface area (Å²) < 4.78 is 140. The normalized spacial score (nSPS) is 17.4. The first-order valence-corrected chi connectivity index (χ1v) is 13.3. The zero-order valence-corrected chi connectivity index (χ0v) is 20.8. The number of hydrogen-bond acceptors (Lipinski definition) is 4. The van der Waals surface area contributed by atoms with Gasteiger partial charge < -0.3 is 4.74 Å². The molecule has 37 heavy (non-hydrogen) atoms. The first kappa shape index (κ1) is 31.3. The van der Waals surface area contributed by atoms with Crippen molar-refractivity contribution in [1.29, 1.82) is 0 Å². The highest BCUT2D eigenvalue weighted by Crippen LogP contribution is 2.54. The average Bonchev–Trinajstić information content (AvgIpc) is 3.32. The van der Waals surface area contributed by atoms with Crippen molar-refractivity contribution in [3.63, 3.8) is 0 Å². The van der Waals surface area contributed by atoms with E-state index in [0.29, 0.717) is 5.25 Å². The maximum atomic E-state index is 12.2. The van der Waals surface area contributed by atoms with E-state index in [1.54, 1.807) is 0 Å². The van der Waals surface area contributed by atoms with Gasteiger partial charge in [0.2, 0.25) is 0 Å². The summed E-state index contributed by atoms with van der Waals surface area (Å²) in [5.41, 5.74) is 1.49. The molecule has 1 atom stereocenters. The maximum Gasteiger partial charge on any atom is 0.460 e. The zero-order chi connectivity index (χ0) is 28.3. The van der Waals surface area contributed by atoms with Crippen LogP contribution in [0.2, 0.25) is 0 Å². The maximum absolute atomic E-state index is 12.2. The van der Waals surface area contributed by atoms with E-state index >= 15 is 0 Å². The lowest BCUT2D eigenvalue weighted by atomic mass is 9.99. The molecule has 210 valence electrons. The van der Waals surface area contributed by atoms with Gasteiger partial charge in [-0.1, -0.05) is 43.7 Å². The number of rotatable bonds is 8. The molecule has 1 aliphatic heterocycles. The number of halogens is 9. The lowest BCUT2D eigenvalue weighted by molar-refractivity contribution is -0.382. The van der Waals surface area contributed by atoms with Crippen LogP contribution < -0.4 is 4.74 Å². The second-order valence-corrected chi connectivity index (χ2v) is 10.8. The number of unbranched alkanes of at least 4 members (excludes halogenated alkanes) is 1. The third-order valence-electron chi connectivity index (χ3n) is 5.39. The summed E-state index contributed by atoms with van der Waals surface area (Å²) in [6.45, 7) is 3.01. The molecule has 15 heteroatoms. The second-order valence-electron chi connectivity index (χ2n) is 8.04. The molecule has 1 fully saturated rings. The summed E-state index contributed by atoms with van der Waals surface area (Å²) in [6, 6.07) is 13.1. The Morgan fingerprint density at radius 3 is 2.03 bits per heavy atom. The Kier molecular flexibility index (Phi) is 9.72. The topological polar surface area (TPSA) is 63.6 Å². The molecule has 0 bridgehead atoms. The Morgan fingerprint density at radius 1 is 0.946 bits per heavy atom. The summed E-state index contributed by atoms with van der Waals surface area (Å²) in [6.07, 6.45) is -2.18. The van der Waals surface area contributed by atoms with Crippen LogP contribution >= 0.6 is 11.8 Å². The minimum absolute atomic E-state index is 0.671. The quantitative estimate of drug-likeness (QED) is 0.194. The van der Waals surface area contributed by atoms with Gasteiger partial charge in [-0.2, -0.15) is 59.7 Å². The van der Waals surface area contributed by atoms with Crippen molar-refractivity contribution in [2.75, 3.05) is 12.4 Å². The summed E-state index contributed by atoms with van der Waals surface area (Å²) in [7, 11) is -7.17. The van der Waals surface area contributed by atoms with E-state index in [-0.39, 0.29) is 0 Å². The molecule has 0 aromatic heterocycles. The van der Waals surface area contributed by atoms with E-state index in [4.69, 9.17) is 9.29 Å². The van der Waals surface area contributed by atoms with E-state index in [0.717, 1.165) is 18.8 Å². The molecule has 0 saturated carbocycles. The predicted octanol–water partition coefficient (Wildman–Crippen LogP) is 7.89. The Bertz CT molecular complexity index is 1160. The highest BCUT2D eigenvalue weighted by molar-refractivity contribution is 7.99. The lowest BCUT2D eigenvalue weighted by Gasteiger charge is -2.31. The fourth-order valence-corrected chi connectivity index (χ4v) is 5.16. The van der Waals surface area contributed by atoms with Gasteiger partial charge in [-0.3, -0.25) is 4.55 Å². The molecule has 2 aromatic rings. The van der Waals surface area contributed by atoms with E-state index in [1.165, 1.54) is 41.4 Å². The van der Waals surface area contributed by atoms with Gasteiger partial charge in [-0.25, -0.2) is 0 Å². The monoisotopic (exact) mass is 586 g/mol. The summed E-state index contributed by atoms with van der Waals surface area (Å²) >= 11 is 2.10. The highest BCUT2D eigenvalue weighted by atomic mass is 32.2. The van der Waals surface area contributed by atoms with E-state index in [1.807, 2.05) is 0 Å². The molecule has 3 rings (SSSR count). The Hall–Kier alpha value is -1.87. The molecule has 0 aliphatic carbocycles. The van der Waals surface area contributed by atoms with E-state index < -0.39 is 33.4 Å². The average molecular weight is 587 g/mol. The van der Waals surface area contributed by atoms with E-state index in [2.05, 4.69) is 55.1 Å². The van der Waals surface area contributed by atoms with Gasteiger partial charge in [0.15, 0.2) is 0 Å². The summed E-state index contributed by atoms with van der Waals surface area (Å²) in [4.78, 5) is 0. The van der Waals surface area contributed by atoms with Crippen molar-refractivity contribution in [2.45, 2.75) is 61.1 Å². The molecular formula is C22H23F9O4S2. The van der Waals surface area contributed by atoms with Crippen LogP contribution in [0, 0.1) is 0 Å². The third-order valence-corrected chi connectivity index (χ3v) is 7.71. The predicted molar refractivity (Wildman–Crippen MR) is 121 cm³/mol. The number of ether oxygens (including phenoxy) is 1. The number of hydrogen-bond donors (Lipinski definition) is 1. The van der Waals surface area contributed by atoms with Crippen LogP contribution in [0.4, 0.5) is 39.5 Å². The van der Waals surface area contributed by atoms with Gasteiger partial charge >= 0.3 is 33.4 Å². The van der Waals surface area contributed by atoms with Gasteiger partial charge in [0.1, 0.15) is 5.75 Å². The number of alkyl halides is 9. The van der Waals surface area contributed by atoms with Crippen molar-refractivity contribution in [3.05, 3.63) is 42.0 Å². The molecule has 0 radical (unpaired) electrons. The molecule has 0 amide bonds. The minimum atomic E-state index is -7.37. The van der Waals surface area contributed by atoms with Crippen molar-refractivity contribution in [3.8, 4) is 5.75 Å². The lowest BCUT2D eigenvalue weighted by Crippen LogP contribution is -2.63. The van der Waals surface area contributed by atoms with Crippen LogP contribution in [0.3, 0.4) is 0 Å². The molecule has 1 aliphatic rings. The standard InChI is InChI=1S/C18H22OS.C4HF9O3S/c1-2-3-12-19-17-11-10-16(18-9-6-13-20-18)14-7-4-5-8-15(14)17;5-1(6,3(9,10)11)2(7,8)4(12,13)17(14,15)16/h4-5,7-8,10-11,18H,2-3,6,9,12-13H2,1H3;(H,14,15,16). The molecule has 1 saturated heterocycles. The third kappa shape index (κ3) is 6.41. The Labute approximate surface area is 211 Å². The molecule has 1 N–H and O–H groups in total. The number of fused-ring (bicyclic) bond motifs is 1. The van der Waals surface area contributed by atoms with Gasteiger partial charge in [0.25, 0.3) is 0 Å². The molecule has 1 heterocycles. The van der Waals surface area contributed by atoms with E-state index in [9.17, 15) is 47.9 Å². The molecule has 4 nitrogen and oxygen atoms in total. The van der Waals surface area contributed by atoms with Crippen LogP contribution in [-0.2, 0) is 10.1 Å². The molecular weight excluding hydrogens is 563 g/mol. The van der Waals surface area contributed by atoms with Gasteiger partial charge in [0, 0.05) is 10.6 Å². The first-order valence-electron chi connectivity index (χ1n) is 10.8. The van der Waals surface area contributed by atoms with Gasteiger partial charge in [-0.05, 0) is 42.0 Å². The van der Waals surface area contributed by atoms with Crippen LogP contribution in [0.25, 0.3) is 10.8 Å².